The van der Waals surface area contributed by atoms with Crippen molar-refractivity contribution in [2.75, 3.05) is 30.4 Å². The molecule has 1 fully saturated rings. The van der Waals surface area contributed by atoms with Gasteiger partial charge in [0.25, 0.3) is 0 Å². The van der Waals surface area contributed by atoms with Crippen molar-refractivity contribution in [2.24, 2.45) is 0 Å². The lowest BCUT2D eigenvalue weighted by atomic mass is 10.1. The van der Waals surface area contributed by atoms with Crippen LogP contribution in [0.15, 0.2) is 46.9 Å². The van der Waals surface area contributed by atoms with Crippen LogP contribution in [0.25, 0.3) is 6.08 Å². The molecule has 0 spiro atoms. The van der Waals surface area contributed by atoms with Crippen molar-refractivity contribution < 1.29 is 9.53 Å². The fourth-order valence-electron chi connectivity index (χ4n) is 3.23. The molecular formula is C21H22BrClN2O2. The molecule has 1 saturated heterocycles. The number of rotatable bonds is 5. The summed E-state index contributed by atoms with van der Waals surface area (Å²) in [4.78, 5) is 14.8. The van der Waals surface area contributed by atoms with E-state index in [9.17, 15) is 4.79 Å². The van der Waals surface area contributed by atoms with Gasteiger partial charge >= 0.3 is 0 Å². The Bertz CT molecular complexity index is 848. The number of halogens is 2. The van der Waals surface area contributed by atoms with Crippen molar-refractivity contribution in [3.63, 3.8) is 0 Å². The van der Waals surface area contributed by atoms with E-state index in [0.717, 1.165) is 47.3 Å². The lowest BCUT2D eigenvalue weighted by molar-refractivity contribution is -0.111. The molecule has 1 aliphatic heterocycles. The van der Waals surface area contributed by atoms with Gasteiger partial charge in [0.05, 0.1) is 23.5 Å². The van der Waals surface area contributed by atoms with Crippen molar-refractivity contribution in [1.29, 1.82) is 0 Å². The van der Waals surface area contributed by atoms with E-state index in [4.69, 9.17) is 16.3 Å². The summed E-state index contributed by atoms with van der Waals surface area (Å²) in [5, 5.41) is 3.63. The van der Waals surface area contributed by atoms with Crippen molar-refractivity contribution in [1.82, 2.24) is 0 Å². The molecule has 0 aromatic heterocycles. The van der Waals surface area contributed by atoms with Gasteiger partial charge in [-0.25, -0.2) is 0 Å². The normalized spacial score (nSPS) is 14.4. The summed E-state index contributed by atoms with van der Waals surface area (Å²) in [5.41, 5.74) is 2.46. The number of nitrogens with one attached hydrogen (secondary N) is 1. The molecule has 3 rings (SSSR count). The first-order chi connectivity index (χ1) is 13.1. The maximum Gasteiger partial charge on any atom is 0.248 e. The molecule has 0 bridgehead atoms. The third kappa shape index (κ3) is 5.05. The fourth-order valence-corrected chi connectivity index (χ4v) is 3.90. The van der Waals surface area contributed by atoms with Crippen LogP contribution in [0.3, 0.4) is 0 Å². The maximum absolute atomic E-state index is 12.5. The largest absolute Gasteiger partial charge is 0.496 e. The number of para-hydroxylation sites is 1. The zero-order valence-electron chi connectivity index (χ0n) is 15.2. The number of piperidine rings is 1. The molecule has 0 radical (unpaired) electrons. The first-order valence-electron chi connectivity index (χ1n) is 8.94. The summed E-state index contributed by atoms with van der Waals surface area (Å²) in [5.74, 6) is 0.497. The predicted octanol–water partition coefficient (Wildman–Crippen LogP) is 5.75. The highest BCUT2D eigenvalue weighted by atomic mass is 79.9. The molecule has 1 amide bonds. The van der Waals surface area contributed by atoms with Crippen LogP contribution < -0.4 is 15.0 Å². The standard InChI is InChI=1S/C21H22BrClN2O2/c1-27-19-10-9-16(22)14-15(19)8-11-20(26)24-18-7-5-6-17(23)21(18)25-12-3-2-4-13-25/h5-11,14H,2-4,12-13H2,1H3,(H,24,26). The molecule has 6 heteroatoms. The summed E-state index contributed by atoms with van der Waals surface area (Å²) in [7, 11) is 1.61. The Labute approximate surface area is 173 Å². The number of benzene rings is 2. The number of carbonyl (C=O) groups excluding carboxylic acids is 1. The maximum atomic E-state index is 12.5. The molecule has 27 heavy (non-hydrogen) atoms. The second kappa shape index (κ2) is 9.29. The van der Waals surface area contributed by atoms with Crippen LogP contribution in [0.4, 0.5) is 11.4 Å². The molecule has 0 atom stereocenters. The average Bonchev–Trinajstić information content (AvgIpc) is 2.67. The van der Waals surface area contributed by atoms with E-state index < -0.39 is 0 Å². The fraction of sp³-hybridized carbons (Fsp3) is 0.286. The number of carbonyl (C=O) groups is 1. The Kier molecular flexibility index (Phi) is 6.80. The SMILES string of the molecule is COc1ccc(Br)cc1C=CC(=O)Nc1cccc(Cl)c1N1CCCCC1. The van der Waals surface area contributed by atoms with Gasteiger partial charge < -0.3 is 15.0 Å². The molecule has 2 aromatic carbocycles. The highest BCUT2D eigenvalue weighted by Gasteiger charge is 2.18. The van der Waals surface area contributed by atoms with Gasteiger partial charge in [-0.1, -0.05) is 33.6 Å². The van der Waals surface area contributed by atoms with Crippen LogP contribution in [0.1, 0.15) is 24.8 Å². The van der Waals surface area contributed by atoms with Crippen LogP contribution in [0.2, 0.25) is 5.02 Å². The first kappa shape index (κ1) is 19.8. The smallest absolute Gasteiger partial charge is 0.248 e. The molecule has 2 aromatic rings. The molecule has 0 unspecified atom stereocenters. The number of hydrogen-bond donors (Lipinski definition) is 1. The highest BCUT2D eigenvalue weighted by Crippen LogP contribution is 2.35. The summed E-state index contributed by atoms with van der Waals surface area (Å²) in [6, 6.07) is 11.3. The van der Waals surface area contributed by atoms with Gasteiger partial charge in [0, 0.05) is 29.2 Å². The van der Waals surface area contributed by atoms with E-state index in [1.807, 2.05) is 36.4 Å². The van der Waals surface area contributed by atoms with Crippen molar-refractivity contribution in [2.45, 2.75) is 19.3 Å². The van der Waals surface area contributed by atoms with Gasteiger partial charge in [-0.05, 0) is 55.7 Å². The summed E-state index contributed by atoms with van der Waals surface area (Å²) < 4.78 is 6.26. The van der Waals surface area contributed by atoms with Gasteiger partial charge in [-0.3, -0.25) is 4.79 Å². The second-order valence-electron chi connectivity index (χ2n) is 6.39. The van der Waals surface area contributed by atoms with Gasteiger partial charge in [-0.15, -0.1) is 0 Å². The monoisotopic (exact) mass is 448 g/mol. The van der Waals surface area contributed by atoms with E-state index in [1.54, 1.807) is 13.2 Å². The molecule has 1 aliphatic rings. The number of ether oxygens (including phenoxy) is 1. The molecule has 0 aliphatic carbocycles. The Balaban J connectivity index is 1.78. The Morgan fingerprint density at radius 2 is 2.00 bits per heavy atom. The quantitative estimate of drug-likeness (QED) is 0.591. The van der Waals surface area contributed by atoms with Crippen LogP contribution in [0, 0.1) is 0 Å². The van der Waals surface area contributed by atoms with E-state index in [1.165, 1.54) is 12.5 Å². The molecule has 1 heterocycles. The molecule has 0 saturated carbocycles. The van der Waals surface area contributed by atoms with Gasteiger partial charge in [0.2, 0.25) is 5.91 Å². The number of hydrogen-bond acceptors (Lipinski definition) is 3. The summed E-state index contributed by atoms with van der Waals surface area (Å²) in [6.07, 6.45) is 6.76. The van der Waals surface area contributed by atoms with E-state index >= 15 is 0 Å². The third-order valence-corrected chi connectivity index (χ3v) is 5.32. The zero-order valence-corrected chi connectivity index (χ0v) is 17.5. The van der Waals surface area contributed by atoms with Crippen LogP contribution in [-0.2, 0) is 4.79 Å². The van der Waals surface area contributed by atoms with Crippen molar-refractivity contribution >= 4 is 50.9 Å². The Hall–Kier alpha value is -1.98. The molecule has 4 nitrogen and oxygen atoms in total. The van der Waals surface area contributed by atoms with E-state index in [2.05, 4.69) is 26.1 Å². The van der Waals surface area contributed by atoms with Gasteiger partial charge in [0.1, 0.15) is 5.75 Å². The van der Waals surface area contributed by atoms with Gasteiger partial charge in [0.15, 0.2) is 0 Å². The number of nitrogens with zero attached hydrogens (tertiary/aromatic N) is 1. The van der Waals surface area contributed by atoms with Crippen LogP contribution in [0.5, 0.6) is 5.75 Å². The molecular weight excluding hydrogens is 428 g/mol. The Morgan fingerprint density at radius 1 is 1.22 bits per heavy atom. The first-order valence-corrected chi connectivity index (χ1v) is 10.1. The van der Waals surface area contributed by atoms with Crippen LogP contribution in [-0.4, -0.2) is 26.1 Å². The minimum absolute atomic E-state index is 0.211. The number of amides is 1. The van der Waals surface area contributed by atoms with Crippen LogP contribution >= 0.6 is 27.5 Å². The van der Waals surface area contributed by atoms with E-state index in [-0.39, 0.29) is 5.91 Å². The predicted molar refractivity (Wildman–Crippen MR) is 116 cm³/mol. The molecule has 1 N–H and O–H groups in total. The lowest BCUT2D eigenvalue weighted by Crippen LogP contribution is -2.30. The van der Waals surface area contributed by atoms with Gasteiger partial charge in [-0.2, -0.15) is 0 Å². The topological polar surface area (TPSA) is 41.6 Å². The lowest BCUT2D eigenvalue weighted by Gasteiger charge is -2.31. The Morgan fingerprint density at radius 3 is 2.74 bits per heavy atom. The molecule has 142 valence electrons. The summed E-state index contributed by atoms with van der Waals surface area (Å²) >= 11 is 9.88. The number of methoxy groups -OCH3 is 1. The van der Waals surface area contributed by atoms with E-state index in [0.29, 0.717) is 10.8 Å². The minimum Gasteiger partial charge on any atom is -0.496 e. The summed E-state index contributed by atoms with van der Waals surface area (Å²) in [6.45, 7) is 1.91. The zero-order chi connectivity index (χ0) is 19.2. The highest BCUT2D eigenvalue weighted by molar-refractivity contribution is 9.10. The number of anilines is 2. The van der Waals surface area contributed by atoms with Crippen molar-refractivity contribution in [3.05, 3.63) is 57.5 Å². The average molecular weight is 450 g/mol. The van der Waals surface area contributed by atoms with Crippen molar-refractivity contribution in [3.8, 4) is 5.75 Å². The minimum atomic E-state index is -0.211. The third-order valence-electron chi connectivity index (χ3n) is 4.52. The second-order valence-corrected chi connectivity index (χ2v) is 7.72.